The highest BCUT2D eigenvalue weighted by Gasteiger charge is 2.33. The molecule has 0 radical (unpaired) electrons. The lowest BCUT2D eigenvalue weighted by Crippen LogP contribution is -3.16. The molecule has 0 aliphatic carbocycles. The lowest BCUT2D eigenvalue weighted by molar-refractivity contribution is -0.907. The lowest BCUT2D eigenvalue weighted by Gasteiger charge is -2.36. The summed E-state index contributed by atoms with van der Waals surface area (Å²) < 4.78 is 38.3. The molecule has 1 N–H and O–H groups in total. The Kier molecular flexibility index (Phi) is 7.15. The molecule has 0 saturated carbocycles. The van der Waals surface area contributed by atoms with Gasteiger partial charge in [0.05, 0.1) is 11.5 Å². The van der Waals surface area contributed by atoms with Crippen molar-refractivity contribution in [3.8, 4) is 5.75 Å². The number of ether oxygens (including phenoxy) is 2. The van der Waals surface area contributed by atoms with Gasteiger partial charge in [-0.3, -0.25) is 4.79 Å². The molecule has 9 heteroatoms. The second kappa shape index (κ2) is 9.42. The van der Waals surface area contributed by atoms with Crippen LogP contribution in [0.15, 0.2) is 29.2 Å². The van der Waals surface area contributed by atoms with Crippen LogP contribution in [0, 0.1) is 0 Å². The number of hydrogen-bond acceptors (Lipinski definition) is 5. The van der Waals surface area contributed by atoms with Gasteiger partial charge in [0.15, 0.2) is 6.54 Å². The summed E-state index contributed by atoms with van der Waals surface area (Å²) in [4.78, 5) is 15.9. The van der Waals surface area contributed by atoms with Crippen LogP contribution in [0.5, 0.6) is 5.75 Å². The zero-order valence-corrected chi connectivity index (χ0v) is 18.3. The fraction of sp³-hybridized carbons (Fsp3) is 0.650. The van der Waals surface area contributed by atoms with Gasteiger partial charge in [0.1, 0.15) is 31.0 Å². The van der Waals surface area contributed by atoms with Crippen LogP contribution in [0.3, 0.4) is 0 Å². The molecule has 0 bridgehead atoms. The van der Waals surface area contributed by atoms with E-state index in [1.807, 2.05) is 20.8 Å². The van der Waals surface area contributed by atoms with Crippen molar-refractivity contribution in [2.24, 2.45) is 0 Å². The van der Waals surface area contributed by atoms with E-state index in [-0.39, 0.29) is 23.0 Å². The van der Waals surface area contributed by atoms with E-state index in [2.05, 4.69) is 0 Å². The van der Waals surface area contributed by atoms with E-state index >= 15 is 0 Å². The van der Waals surface area contributed by atoms with E-state index < -0.39 is 10.0 Å². The Balaban J connectivity index is 1.54. The van der Waals surface area contributed by atoms with Crippen LogP contribution >= 0.6 is 0 Å². The van der Waals surface area contributed by atoms with Gasteiger partial charge >= 0.3 is 0 Å². The summed E-state index contributed by atoms with van der Waals surface area (Å²) in [6.07, 6.45) is 0.301. The van der Waals surface area contributed by atoms with Gasteiger partial charge in [-0.05, 0) is 45.0 Å². The minimum atomic E-state index is -3.57. The first-order valence-electron chi connectivity index (χ1n) is 10.3. The zero-order chi connectivity index (χ0) is 21.0. The maximum absolute atomic E-state index is 12.9. The number of piperazine rings is 1. The van der Waals surface area contributed by atoms with Gasteiger partial charge in [-0.1, -0.05) is 0 Å². The fourth-order valence-electron chi connectivity index (χ4n) is 4.06. The molecular formula is C20H32N3O5S+. The number of carbonyl (C=O) groups is 1. The highest BCUT2D eigenvalue weighted by Crippen LogP contribution is 2.21. The van der Waals surface area contributed by atoms with Crippen LogP contribution < -0.4 is 9.64 Å². The SMILES string of the molecule is CCOc1ccc(S(=O)(=O)N2CCN(C(=O)C[NH+]3C[C@@H](C)O[C@H](C)C3)CC2)cc1. The molecule has 2 heterocycles. The Morgan fingerprint density at radius 3 is 2.24 bits per heavy atom. The molecule has 0 aromatic heterocycles. The molecular weight excluding hydrogens is 394 g/mol. The summed E-state index contributed by atoms with van der Waals surface area (Å²) >= 11 is 0. The monoisotopic (exact) mass is 426 g/mol. The zero-order valence-electron chi connectivity index (χ0n) is 17.5. The van der Waals surface area contributed by atoms with E-state index in [9.17, 15) is 13.2 Å². The molecule has 2 fully saturated rings. The number of amides is 1. The third kappa shape index (κ3) is 5.48. The maximum atomic E-state index is 12.9. The summed E-state index contributed by atoms with van der Waals surface area (Å²) in [5.74, 6) is 0.732. The molecule has 1 aromatic carbocycles. The van der Waals surface area contributed by atoms with E-state index in [1.165, 1.54) is 9.21 Å². The molecule has 8 nitrogen and oxygen atoms in total. The van der Waals surface area contributed by atoms with E-state index in [0.29, 0.717) is 45.1 Å². The van der Waals surface area contributed by atoms with Crippen LogP contribution in [-0.2, 0) is 19.6 Å². The van der Waals surface area contributed by atoms with Crippen LogP contribution in [0.1, 0.15) is 20.8 Å². The number of carbonyl (C=O) groups excluding carboxylic acids is 1. The first kappa shape index (κ1) is 22.0. The van der Waals surface area contributed by atoms with Crippen molar-refractivity contribution in [1.82, 2.24) is 9.21 Å². The van der Waals surface area contributed by atoms with Gasteiger partial charge < -0.3 is 19.3 Å². The molecule has 2 aliphatic heterocycles. The molecule has 2 atom stereocenters. The summed E-state index contributed by atoms with van der Waals surface area (Å²) in [7, 11) is -3.57. The van der Waals surface area contributed by atoms with E-state index in [4.69, 9.17) is 9.47 Å². The van der Waals surface area contributed by atoms with Crippen molar-refractivity contribution >= 4 is 15.9 Å². The van der Waals surface area contributed by atoms with Crippen molar-refractivity contribution in [3.05, 3.63) is 24.3 Å². The number of rotatable bonds is 6. The standard InChI is InChI=1S/C20H31N3O5S/c1-4-27-18-5-7-19(8-6-18)29(25,26)23-11-9-22(10-12-23)20(24)15-21-13-16(2)28-17(3)14-21/h5-8,16-17H,4,9-15H2,1-3H3/p+1/t16-,17-/m1/s1. The number of morpholine rings is 1. The normalized spacial score (nSPS) is 26.3. The molecule has 0 spiro atoms. The third-order valence-corrected chi connectivity index (χ3v) is 7.29. The average molecular weight is 427 g/mol. The molecule has 29 heavy (non-hydrogen) atoms. The Hall–Kier alpha value is -1.68. The second-order valence-electron chi connectivity index (χ2n) is 7.78. The summed E-state index contributed by atoms with van der Waals surface area (Å²) in [6.45, 7) is 10.0. The summed E-state index contributed by atoms with van der Waals surface area (Å²) in [5, 5.41) is 0. The van der Waals surface area contributed by atoms with Crippen molar-refractivity contribution in [3.63, 3.8) is 0 Å². The van der Waals surface area contributed by atoms with Crippen LogP contribution in [0.4, 0.5) is 0 Å². The number of quaternary nitrogens is 1. The highest BCUT2D eigenvalue weighted by molar-refractivity contribution is 7.89. The second-order valence-corrected chi connectivity index (χ2v) is 9.72. The van der Waals surface area contributed by atoms with E-state index in [1.54, 1.807) is 29.2 Å². The molecule has 0 unspecified atom stereocenters. The number of benzene rings is 1. The number of nitrogens with one attached hydrogen (secondary N) is 1. The predicted octanol–water partition coefficient (Wildman–Crippen LogP) is -0.390. The topological polar surface area (TPSA) is 80.6 Å². The maximum Gasteiger partial charge on any atom is 0.277 e. The third-order valence-electron chi connectivity index (χ3n) is 5.38. The van der Waals surface area contributed by atoms with Gasteiger partial charge in [0, 0.05) is 26.2 Å². The van der Waals surface area contributed by atoms with Crippen LogP contribution in [-0.4, -0.2) is 88.2 Å². The Labute approximate surface area is 173 Å². The minimum absolute atomic E-state index is 0.0828. The number of hydrogen-bond donors (Lipinski definition) is 1. The molecule has 1 amide bonds. The minimum Gasteiger partial charge on any atom is -0.494 e. The quantitative estimate of drug-likeness (QED) is 0.670. The fourth-order valence-corrected chi connectivity index (χ4v) is 5.48. The van der Waals surface area contributed by atoms with Gasteiger partial charge in [-0.2, -0.15) is 4.31 Å². The van der Waals surface area contributed by atoms with Crippen molar-refractivity contribution < 1.29 is 27.6 Å². The predicted molar refractivity (Wildman–Crippen MR) is 109 cm³/mol. The van der Waals surface area contributed by atoms with Gasteiger partial charge in [0.2, 0.25) is 10.0 Å². The Morgan fingerprint density at radius 2 is 1.69 bits per heavy atom. The molecule has 1 aromatic rings. The first-order chi connectivity index (χ1) is 13.8. The average Bonchev–Trinajstić information content (AvgIpc) is 2.68. The van der Waals surface area contributed by atoms with Gasteiger partial charge in [-0.15, -0.1) is 0 Å². The van der Waals surface area contributed by atoms with Gasteiger partial charge in [0.25, 0.3) is 5.91 Å². The highest BCUT2D eigenvalue weighted by atomic mass is 32.2. The first-order valence-corrected chi connectivity index (χ1v) is 11.7. The Bertz CT molecular complexity index is 781. The molecule has 2 aliphatic rings. The van der Waals surface area contributed by atoms with Crippen molar-refractivity contribution in [2.75, 3.05) is 52.4 Å². The smallest absolute Gasteiger partial charge is 0.277 e. The van der Waals surface area contributed by atoms with Crippen molar-refractivity contribution in [1.29, 1.82) is 0 Å². The van der Waals surface area contributed by atoms with Gasteiger partial charge in [-0.25, -0.2) is 8.42 Å². The number of sulfonamides is 1. The molecule has 3 rings (SSSR count). The van der Waals surface area contributed by atoms with Crippen LogP contribution in [0.25, 0.3) is 0 Å². The lowest BCUT2D eigenvalue weighted by atomic mass is 10.2. The molecule has 162 valence electrons. The summed E-state index contributed by atoms with van der Waals surface area (Å²) in [6, 6.07) is 6.48. The largest absolute Gasteiger partial charge is 0.494 e. The van der Waals surface area contributed by atoms with Crippen LogP contribution in [0.2, 0.25) is 0 Å². The molecule has 2 saturated heterocycles. The van der Waals surface area contributed by atoms with Crippen molar-refractivity contribution in [2.45, 2.75) is 37.9 Å². The summed E-state index contributed by atoms with van der Waals surface area (Å²) in [5.41, 5.74) is 0. The number of nitrogens with zero attached hydrogens (tertiary/aromatic N) is 2. The Morgan fingerprint density at radius 1 is 1.10 bits per heavy atom. The van der Waals surface area contributed by atoms with E-state index in [0.717, 1.165) is 13.1 Å².